The second-order valence-electron chi connectivity index (χ2n) is 4.14. The highest BCUT2D eigenvalue weighted by Gasteiger charge is 2.19. The standard InChI is InChI=1S/C13H10Br2INO2S/c1-8-6-10(16)3-5-12(8)17-20(18,19)13-7-9(14)2-4-11(13)15/h2-7,17H,1H3. The molecule has 0 aromatic heterocycles. The van der Waals surface area contributed by atoms with Gasteiger partial charge < -0.3 is 0 Å². The first-order valence-corrected chi connectivity index (χ1v) is 9.68. The van der Waals surface area contributed by atoms with E-state index < -0.39 is 10.0 Å². The topological polar surface area (TPSA) is 46.2 Å². The number of nitrogens with one attached hydrogen (secondary N) is 1. The number of hydrogen-bond donors (Lipinski definition) is 1. The zero-order valence-electron chi connectivity index (χ0n) is 10.3. The Balaban J connectivity index is 2.43. The van der Waals surface area contributed by atoms with E-state index in [1.54, 1.807) is 24.3 Å². The summed E-state index contributed by atoms with van der Waals surface area (Å²) in [5, 5.41) is 0. The Kier molecular flexibility index (Phi) is 5.14. The predicted octanol–water partition coefficient (Wildman–Crippen LogP) is 4.93. The third-order valence-electron chi connectivity index (χ3n) is 2.62. The first-order chi connectivity index (χ1) is 9.29. The third kappa shape index (κ3) is 3.75. The molecule has 0 aliphatic rings. The molecule has 0 saturated carbocycles. The van der Waals surface area contributed by atoms with Crippen LogP contribution in [0.15, 0.2) is 50.2 Å². The average molecular weight is 531 g/mol. The Labute approximate surface area is 148 Å². The van der Waals surface area contributed by atoms with Gasteiger partial charge in [0.1, 0.15) is 4.90 Å². The van der Waals surface area contributed by atoms with E-state index in [1.807, 2.05) is 19.1 Å². The van der Waals surface area contributed by atoms with Crippen LogP contribution in [0.25, 0.3) is 0 Å². The van der Waals surface area contributed by atoms with Crippen molar-refractivity contribution in [3.63, 3.8) is 0 Å². The van der Waals surface area contributed by atoms with Gasteiger partial charge in [0, 0.05) is 12.5 Å². The Morgan fingerprint density at radius 2 is 1.80 bits per heavy atom. The van der Waals surface area contributed by atoms with E-state index in [2.05, 4.69) is 59.2 Å². The van der Waals surface area contributed by atoms with Crippen molar-refractivity contribution in [1.29, 1.82) is 0 Å². The third-order valence-corrected chi connectivity index (χ3v) is 6.14. The Hall–Kier alpha value is -0.120. The van der Waals surface area contributed by atoms with Crippen molar-refractivity contribution in [2.24, 2.45) is 0 Å². The lowest BCUT2D eigenvalue weighted by Crippen LogP contribution is -2.14. The van der Waals surface area contributed by atoms with Crippen molar-refractivity contribution < 1.29 is 8.42 Å². The van der Waals surface area contributed by atoms with Crippen molar-refractivity contribution in [2.45, 2.75) is 11.8 Å². The fourth-order valence-corrected chi connectivity index (χ4v) is 4.91. The molecule has 7 heteroatoms. The molecule has 0 unspecified atom stereocenters. The van der Waals surface area contributed by atoms with Crippen molar-refractivity contribution in [2.75, 3.05) is 4.72 Å². The summed E-state index contributed by atoms with van der Waals surface area (Å²) in [7, 11) is -3.63. The average Bonchev–Trinajstić information content (AvgIpc) is 2.35. The van der Waals surface area contributed by atoms with E-state index in [-0.39, 0.29) is 4.90 Å². The normalized spacial score (nSPS) is 11.4. The maximum atomic E-state index is 12.4. The zero-order valence-corrected chi connectivity index (χ0v) is 16.5. The van der Waals surface area contributed by atoms with Crippen LogP contribution in [-0.4, -0.2) is 8.42 Å². The van der Waals surface area contributed by atoms with Gasteiger partial charge in [0.05, 0.1) is 5.69 Å². The van der Waals surface area contributed by atoms with Crippen LogP contribution in [0, 0.1) is 10.5 Å². The molecule has 0 atom stereocenters. The fourth-order valence-electron chi connectivity index (χ4n) is 1.62. The van der Waals surface area contributed by atoms with Crippen LogP contribution in [-0.2, 0) is 10.0 Å². The molecular weight excluding hydrogens is 521 g/mol. The zero-order chi connectivity index (χ0) is 14.9. The van der Waals surface area contributed by atoms with Gasteiger partial charge in [-0.05, 0) is 87.4 Å². The Morgan fingerprint density at radius 3 is 2.45 bits per heavy atom. The summed E-state index contributed by atoms with van der Waals surface area (Å²) in [5.74, 6) is 0. The van der Waals surface area contributed by atoms with E-state index in [0.29, 0.717) is 14.6 Å². The first-order valence-electron chi connectivity index (χ1n) is 5.53. The molecule has 0 aliphatic carbocycles. The highest BCUT2D eigenvalue weighted by atomic mass is 127. The predicted molar refractivity (Wildman–Crippen MR) is 96.5 cm³/mol. The number of sulfonamides is 1. The summed E-state index contributed by atoms with van der Waals surface area (Å²) in [5.41, 5.74) is 1.46. The summed E-state index contributed by atoms with van der Waals surface area (Å²) in [4.78, 5) is 0.199. The molecule has 3 nitrogen and oxygen atoms in total. The van der Waals surface area contributed by atoms with E-state index in [4.69, 9.17) is 0 Å². The number of anilines is 1. The lowest BCUT2D eigenvalue weighted by Gasteiger charge is -2.12. The van der Waals surface area contributed by atoms with Gasteiger partial charge in [-0.15, -0.1) is 0 Å². The van der Waals surface area contributed by atoms with E-state index in [1.165, 1.54) is 0 Å². The molecule has 0 amide bonds. The fraction of sp³-hybridized carbons (Fsp3) is 0.0769. The molecule has 0 radical (unpaired) electrons. The van der Waals surface area contributed by atoms with E-state index >= 15 is 0 Å². The second-order valence-corrected chi connectivity index (χ2v) is 8.81. The maximum Gasteiger partial charge on any atom is 0.263 e. The Bertz CT molecular complexity index is 763. The smallest absolute Gasteiger partial charge is 0.263 e. The van der Waals surface area contributed by atoms with Crippen LogP contribution in [0.2, 0.25) is 0 Å². The second kappa shape index (κ2) is 6.33. The quantitative estimate of drug-likeness (QED) is 0.572. The summed E-state index contributed by atoms with van der Waals surface area (Å²) in [6, 6.07) is 10.6. The molecule has 2 aromatic carbocycles. The van der Waals surface area contributed by atoms with Crippen LogP contribution >= 0.6 is 54.5 Å². The van der Waals surface area contributed by atoms with Gasteiger partial charge in [0.25, 0.3) is 10.0 Å². The summed E-state index contributed by atoms with van der Waals surface area (Å²) < 4.78 is 29.8. The SMILES string of the molecule is Cc1cc(I)ccc1NS(=O)(=O)c1cc(Br)ccc1Br. The van der Waals surface area contributed by atoms with Gasteiger partial charge in [-0.3, -0.25) is 4.72 Å². The minimum atomic E-state index is -3.63. The molecule has 0 aliphatic heterocycles. The molecule has 0 saturated heterocycles. The highest BCUT2D eigenvalue weighted by molar-refractivity contribution is 14.1. The van der Waals surface area contributed by atoms with E-state index in [9.17, 15) is 8.42 Å². The molecule has 1 N–H and O–H groups in total. The summed E-state index contributed by atoms with van der Waals surface area (Å²) in [6.45, 7) is 1.87. The number of hydrogen-bond acceptors (Lipinski definition) is 2. The van der Waals surface area contributed by atoms with Crippen LogP contribution in [0.5, 0.6) is 0 Å². The molecule has 0 heterocycles. The number of benzene rings is 2. The molecule has 2 rings (SSSR count). The van der Waals surface area contributed by atoms with E-state index in [0.717, 1.165) is 9.13 Å². The largest absolute Gasteiger partial charge is 0.279 e. The van der Waals surface area contributed by atoms with Gasteiger partial charge in [-0.25, -0.2) is 8.42 Å². The molecule has 106 valence electrons. The van der Waals surface area contributed by atoms with Gasteiger partial charge in [0.2, 0.25) is 0 Å². The van der Waals surface area contributed by atoms with Crippen LogP contribution < -0.4 is 4.72 Å². The molecule has 20 heavy (non-hydrogen) atoms. The van der Waals surface area contributed by atoms with Crippen molar-refractivity contribution in [3.05, 3.63) is 54.5 Å². The van der Waals surface area contributed by atoms with Gasteiger partial charge in [0.15, 0.2) is 0 Å². The summed E-state index contributed by atoms with van der Waals surface area (Å²) >= 11 is 8.74. The first kappa shape index (κ1) is 16.3. The lowest BCUT2D eigenvalue weighted by molar-refractivity contribution is 0.600. The Morgan fingerprint density at radius 1 is 1.10 bits per heavy atom. The minimum absolute atomic E-state index is 0.199. The highest BCUT2D eigenvalue weighted by Crippen LogP contribution is 2.28. The van der Waals surface area contributed by atoms with Gasteiger partial charge in [-0.2, -0.15) is 0 Å². The maximum absolute atomic E-state index is 12.4. The van der Waals surface area contributed by atoms with Gasteiger partial charge in [-0.1, -0.05) is 15.9 Å². The van der Waals surface area contributed by atoms with Crippen LogP contribution in [0.3, 0.4) is 0 Å². The number of halogens is 3. The summed E-state index contributed by atoms with van der Waals surface area (Å²) in [6.07, 6.45) is 0. The van der Waals surface area contributed by atoms with Crippen molar-refractivity contribution in [3.8, 4) is 0 Å². The van der Waals surface area contributed by atoms with Crippen molar-refractivity contribution >= 4 is 70.2 Å². The lowest BCUT2D eigenvalue weighted by atomic mass is 10.2. The van der Waals surface area contributed by atoms with Crippen LogP contribution in [0.1, 0.15) is 5.56 Å². The van der Waals surface area contributed by atoms with Crippen LogP contribution in [0.4, 0.5) is 5.69 Å². The molecule has 0 spiro atoms. The number of rotatable bonds is 3. The molecule has 0 fully saturated rings. The number of aryl methyl sites for hydroxylation is 1. The molecular formula is C13H10Br2INO2S. The monoisotopic (exact) mass is 529 g/mol. The van der Waals surface area contributed by atoms with Crippen molar-refractivity contribution in [1.82, 2.24) is 0 Å². The molecule has 0 bridgehead atoms. The molecule has 2 aromatic rings. The van der Waals surface area contributed by atoms with Gasteiger partial charge >= 0.3 is 0 Å². The minimum Gasteiger partial charge on any atom is -0.279 e.